The van der Waals surface area contributed by atoms with Gasteiger partial charge in [0.25, 0.3) is 0 Å². The Balaban J connectivity index is 1.50. The molecule has 9 heteroatoms. The lowest BCUT2D eigenvalue weighted by molar-refractivity contribution is -0.128. The number of pyridine rings is 1. The van der Waals surface area contributed by atoms with Crippen LogP contribution in [0.1, 0.15) is 5.69 Å². The van der Waals surface area contributed by atoms with E-state index in [0.717, 1.165) is 5.65 Å². The first-order valence-electron chi connectivity index (χ1n) is 9.16. The van der Waals surface area contributed by atoms with Gasteiger partial charge in [0, 0.05) is 52.1 Å². The molecule has 1 N–H and O–H groups in total. The Kier molecular flexibility index (Phi) is 7.02. The highest BCUT2D eigenvalue weighted by Crippen LogP contribution is 2.19. The van der Waals surface area contributed by atoms with Crippen LogP contribution in [0.25, 0.3) is 11.7 Å². The summed E-state index contributed by atoms with van der Waals surface area (Å²) in [6.07, 6.45) is 5.07. The number of fused-ring (bicyclic) bond motifs is 1. The monoisotopic (exact) mass is 405 g/mol. The van der Waals surface area contributed by atoms with Gasteiger partial charge in [-0.1, -0.05) is 17.7 Å². The number of hydrogen-bond acceptors (Lipinski definition) is 5. The van der Waals surface area contributed by atoms with E-state index in [1.54, 1.807) is 18.1 Å². The number of carbonyl (C=O) groups excluding carboxylic acids is 2. The fraction of sp³-hybridized carbons (Fsp3) is 0.421. The van der Waals surface area contributed by atoms with E-state index in [2.05, 4.69) is 10.3 Å². The second-order valence-corrected chi connectivity index (χ2v) is 6.85. The Labute approximate surface area is 168 Å². The van der Waals surface area contributed by atoms with Gasteiger partial charge in [-0.25, -0.2) is 4.98 Å². The van der Waals surface area contributed by atoms with Crippen LogP contribution in [0.2, 0.25) is 5.15 Å². The quantitative estimate of drug-likeness (QED) is 0.547. The molecule has 150 valence electrons. The van der Waals surface area contributed by atoms with Crippen LogP contribution in [0.15, 0.2) is 30.5 Å². The molecule has 0 atom stereocenters. The molecule has 1 aliphatic heterocycles. The molecule has 0 aliphatic carbocycles. The average Bonchev–Trinajstić information content (AvgIpc) is 3.02. The summed E-state index contributed by atoms with van der Waals surface area (Å²) in [5.41, 5.74) is 1.41. The zero-order valence-electron chi connectivity index (χ0n) is 15.8. The lowest BCUT2D eigenvalue weighted by Gasteiger charge is -2.33. The van der Waals surface area contributed by atoms with Crippen LogP contribution in [0, 0.1) is 0 Å². The van der Waals surface area contributed by atoms with Gasteiger partial charge in [-0.05, 0) is 18.2 Å². The van der Waals surface area contributed by atoms with Crippen molar-refractivity contribution in [3.63, 3.8) is 0 Å². The van der Waals surface area contributed by atoms with Crippen molar-refractivity contribution in [2.75, 3.05) is 53.0 Å². The van der Waals surface area contributed by atoms with E-state index in [4.69, 9.17) is 16.3 Å². The van der Waals surface area contributed by atoms with Gasteiger partial charge in [-0.2, -0.15) is 0 Å². The van der Waals surface area contributed by atoms with Crippen molar-refractivity contribution in [2.24, 2.45) is 0 Å². The highest BCUT2D eigenvalue weighted by Gasteiger charge is 2.21. The van der Waals surface area contributed by atoms with Crippen LogP contribution in [-0.4, -0.2) is 84.0 Å². The fourth-order valence-electron chi connectivity index (χ4n) is 3.07. The molecule has 1 aliphatic rings. The van der Waals surface area contributed by atoms with Crippen molar-refractivity contribution in [3.05, 3.63) is 41.3 Å². The topological polar surface area (TPSA) is 79.2 Å². The SMILES string of the molecule is COCCNC(=O)CN1CCN(C(=O)C=Cc2c(Cl)nc3ccccn23)CC1. The van der Waals surface area contributed by atoms with E-state index in [1.165, 1.54) is 6.08 Å². The van der Waals surface area contributed by atoms with Gasteiger partial charge in [0.1, 0.15) is 5.65 Å². The summed E-state index contributed by atoms with van der Waals surface area (Å²) in [6, 6.07) is 5.62. The van der Waals surface area contributed by atoms with Gasteiger partial charge in [-0.3, -0.25) is 18.9 Å². The Hall–Kier alpha value is -2.42. The van der Waals surface area contributed by atoms with E-state index >= 15 is 0 Å². The molecule has 2 aromatic rings. The van der Waals surface area contributed by atoms with Crippen molar-refractivity contribution in [1.82, 2.24) is 24.5 Å². The van der Waals surface area contributed by atoms with Crippen molar-refractivity contribution >= 4 is 35.1 Å². The second kappa shape index (κ2) is 9.68. The van der Waals surface area contributed by atoms with Crippen LogP contribution in [0.3, 0.4) is 0 Å². The summed E-state index contributed by atoms with van der Waals surface area (Å²) in [7, 11) is 1.60. The normalized spacial score (nSPS) is 15.4. The van der Waals surface area contributed by atoms with E-state index < -0.39 is 0 Å². The minimum absolute atomic E-state index is 0.0287. The minimum Gasteiger partial charge on any atom is -0.383 e. The Morgan fingerprint density at radius 3 is 2.82 bits per heavy atom. The molecule has 8 nitrogen and oxygen atoms in total. The first-order valence-corrected chi connectivity index (χ1v) is 9.54. The third kappa shape index (κ3) is 5.09. The highest BCUT2D eigenvalue weighted by atomic mass is 35.5. The molecule has 28 heavy (non-hydrogen) atoms. The molecule has 2 amide bonds. The second-order valence-electron chi connectivity index (χ2n) is 6.49. The Bertz CT molecular complexity index is 858. The van der Waals surface area contributed by atoms with Crippen LogP contribution in [0.4, 0.5) is 0 Å². The van der Waals surface area contributed by atoms with E-state index in [1.807, 2.05) is 33.7 Å². The molecule has 0 radical (unpaired) electrons. The standard InChI is InChI=1S/C19H24ClN5O3/c1-28-13-7-21-17(26)14-23-9-11-24(12-10-23)18(27)6-5-15-19(20)22-16-4-2-3-8-25(15)16/h2-6,8H,7,9-14H2,1H3,(H,21,26). The Morgan fingerprint density at radius 1 is 1.29 bits per heavy atom. The number of nitrogens with one attached hydrogen (secondary N) is 1. The van der Waals surface area contributed by atoms with Crippen LogP contribution in [-0.2, 0) is 14.3 Å². The summed E-state index contributed by atoms with van der Waals surface area (Å²) in [5.74, 6) is -0.106. The van der Waals surface area contributed by atoms with Crippen LogP contribution >= 0.6 is 11.6 Å². The number of nitrogens with zero attached hydrogens (tertiary/aromatic N) is 4. The predicted octanol–water partition coefficient (Wildman–Crippen LogP) is 0.908. The molecule has 0 saturated carbocycles. The summed E-state index contributed by atoms with van der Waals surface area (Å²) in [4.78, 5) is 32.4. The zero-order chi connectivity index (χ0) is 19.9. The molecule has 2 aromatic heterocycles. The summed E-state index contributed by atoms with van der Waals surface area (Å²) in [5, 5.41) is 3.16. The largest absolute Gasteiger partial charge is 0.383 e. The van der Waals surface area contributed by atoms with Gasteiger partial charge >= 0.3 is 0 Å². The molecular formula is C19H24ClN5O3. The predicted molar refractivity (Wildman–Crippen MR) is 107 cm³/mol. The summed E-state index contributed by atoms with van der Waals surface area (Å²) >= 11 is 6.19. The van der Waals surface area contributed by atoms with Crippen molar-refractivity contribution in [2.45, 2.75) is 0 Å². The first kappa shape index (κ1) is 20.3. The first-order chi connectivity index (χ1) is 13.6. The number of aromatic nitrogens is 2. The molecule has 1 saturated heterocycles. The van der Waals surface area contributed by atoms with Crippen molar-refractivity contribution < 1.29 is 14.3 Å². The molecule has 1 fully saturated rings. The van der Waals surface area contributed by atoms with Crippen molar-refractivity contribution in [3.8, 4) is 0 Å². The maximum absolute atomic E-state index is 12.5. The number of hydrogen-bond donors (Lipinski definition) is 1. The molecule has 0 unspecified atom stereocenters. The van der Waals surface area contributed by atoms with E-state index in [0.29, 0.717) is 56.7 Å². The maximum atomic E-state index is 12.5. The Morgan fingerprint density at radius 2 is 2.07 bits per heavy atom. The van der Waals surface area contributed by atoms with Crippen LogP contribution in [0.5, 0.6) is 0 Å². The van der Waals surface area contributed by atoms with E-state index in [-0.39, 0.29) is 11.8 Å². The highest BCUT2D eigenvalue weighted by molar-refractivity contribution is 6.31. The number of halogens is 1. The molecule has 0 bridgehead atoms. The number of carbonyl (C=O) groups is 2. The number of imidazole rings is 1. The summed E-state index contributed by atoms with van der Waals surface area (Å²) in [6.45, 7) is 3.81. The molecule has 0 aromatic carbocycles. The summed E-state index contributed by atoms with van der Waals surface area (Å²) < 4.78 is 6.75. The van der Waals surface area contributed by atoms with Gasteiger partial charge in [0.2, 0.25) is 11.8 Å². The van der Waals surface area contributed by atoms with Crippen molar-refractivity contribution in [1.29, 1.82) is 0 Å². The van der Waals surface area contributed by atoms with Gasteiger partial charge in [0.05, 0.1) is 18.8 Å². The van der Waals surface area contributed by atoms with E-state index in [9.17, 15) is 9.59 Å². The lowest BCUT2D eigenvalue weighted by Crippen LogP contribution is -2.51. The number of ether oxygens (including phenoxy) is 1. The number of rotatable bonds is 7. The number of methoxy groups -OCH3 is 1. The molecule has 3 rings (SSSR count). The lowest BCUT2D eigenvalue weighted by atomic mass is 10.3. The zero-order valence-corrected chi connectivity index (χ0v) is 16.6. The molecule has 3 heterocycles. The smallest absolute Gasteiger partial charge is 0.246 e. The third-order valence-corrected chi connectivity index (χ3v) is 4.86. The molecule has 0 spiro atoms. The van der Waals surface area contributed by atoms with Crippen LogP contribution < -0.4 is 5.32 Å². The fourth-order valence-corrected chi connectivity index (χ4v) is 3.31. The minimum atomic E-state index is -0.0776. The molecular weight excluding hydrogens is 382 g/mol. The van der Waals surface area contributed by atoms with Gasteiger partial charge in [0.15, 0.2) is 5.15 Å². The van der Waals surface area contributed by atoms with Gasteiger partial charge < -0.3 is 15.0 Å². The number of piperazine rings is 1. The third-order valence-electron chi connectivity index (χ3n) is 4.59. The average molecular weight is 406 g/mol. The number of amides is 2. The maximum Gasteiger partial charge on any atom is 0.246 e. The van der Waals surface area contributed by atoms with Gasteiger partial charge in [-0.15, -0.1) is 0 Å².